The van der Waals surface area contributed by atoms with Crippen molar-refractivity contribution in [2.75, 3.05) is 5.75 Å². The van der Waals surface area contributed by atoms with E-state index in [1.165, 1.54) is 11.3 Å². The molecule has 8 heteroatoms. The lowest BCUT2D eigenvalue weighted by atomic mass is 9.91. The predicted octanol–water partition coefficient (Wildman–Crippen LogP) is 2.99. The SMILES string of the molecule is O=C(O)CSc1nc2c(s1)CC(C(F)(F)F)CC2. The number of alkyl halides is 3. The molecule has 2 rings (SSSR count). The van der Waals surface area contributed by atoms with Gasteiger partial charge in [0, 0.05) is 4.88 Å². The average molecular weight is 297 g/mol. The summed E-state index contributed by atoms with van der Waals surface area (Å²) in [6, 6.07) is 0. The third kappa shape index (κ3) is 3.17. The molecule has 0 fully saturated rings. The van der Waals surface area contributed by atoms with Crippen LogP contribution in [0, 0.1) is 5.92 Å². The maximum atomic E-state index is 12.6. The monoisotopic (exact) mass is 297 g/mol. The number of hydrogen-bond acceptors (Lipinski definition) is 4. The summed E-state index contributed by atoms with van der Waals surface area (Å²) in [7, 11) is 0. The van der Waals surface area contributed by atoms with Crippen LogP contribution in [0.4, 0.5) is 13.2 Å². The van der Waals surface area contributed by atoms with Gasteiger partial charge in [-0.2, -0.15) is 13.2 Å². The molecule has 1 heterocycles. The van der Waals surface area contributed by atoms with Crippen molar-refractivity contribution in [2.24, 2.45) is 5.92 Å². The van der Waals surface area contributed by atoms with Crippen LogP contribution in [0.15, 0.2) is 4.34 Å². The van der Waals surface area contributed by atoms with Crippen LogP contribution in [-0.2, 0) is 17.6 Å². The molecule has 1 aliphatic rings. The molecule has 3 nitrogen and oxygen atoms in total. The molecule has 1 unspecified atom stereocenters. The Morgan fingerprint density at radius 1 is 1.56 bits per heavy atom. The third-order valence-electron chi connectivity index (χ3n) is 2.70. The maximum Gasteiger partial charge on any atom is 0.392 e. The molecule has 0 radical (unpaired) electrons. The van der Waals surface area contributed by atoms with E-state index in [4.69, 9.17) is 5.11 Å². The Hall–Kier alpha value is -0.760. The summed E-state index contributed by atoms with van der Waals surface area (Å²) in [5.41, 5.74) is 0.702. The van der Waals surface area contributed by atoms with Gasteiger partial charge in [0.1, 0.15) is 0 Å². The van der Waals surface area contributed by atoms with E-state index in [-0.39, 0.29) is 18.6 Å². The zero-order valence-corrected chi connectivity index (χ0v) is 10.8. The normalized spacial score (nSPS) is 19.6. The van der Waals surface area contributed by atoms with Crippen molar-refractivity contribution >= 4 is 29.1 Å². The van der Waals surface area contributed by atoms with Gasteiger partial charge in [-0.1, -0.05) is 11.8 Å². The summed E-state index contributed by atoms with van der Waals surface area (Å²) >= 11 is 2.24. The van der Waals surface area contributed by atoms with E-state index >= 15 is 0 Å². The number of hydrogen-bond donors (Lipinski definition) is 1. The predicted molar refractivity (Wildman–Crippen MR) is 62.0 cm³/mol. The highest BCUT2D eigenvalue weighted by atomic mass is 32.2. The van der Waals surface area contributed by atoms with Crippen molar-refractivity contribution in [2.45, 2.75) is 29.8 Å². The first-order valence-corrected chi connectivity index (χ1v) is 7.06. The minimum Gasteiger partial charge on any atom is -0.481 e. The quantitative estimate of drug-likeness (QED) is 0.871. The maximum absolute atomic E-state index is 12.6. The molecule has 1 N–H and O–H groups in total. The summed E-state index contributed by atoms with van der Waals surface area (Å²) in [5.74, 6) is -2.36. The van der Waals surface area contributed by atoms with Crippen molar-refractivity contribution < 1.29 is 23.1 Å². The molecular weight excluding hydrogens is 287 g/mol. The molecule has 18 heavy (non-hydrogen) atoms. The highest BCUT2D eigenvalue weighted by molar-refractivity contribution is 8.01. The van der Waals surface area contributed by atoms with Crippen LogP contribution in [0.2, 0.25) is 0 Å². The number of aliphatic carboxylic acids is 1. The molecule has 1 atom stereocenters. The lowest BCUT2D eigenvalue weighted by Gasteiger charge is -2.23. The molecule has 0 saturated carbocycles. The highest BCUT2D eigenvalue weighted by Crippen LogP contribution is 2.40. The van der Waals surface area contributed by atoms with Gasteiger partial charge in [-0.25, -0.2) is 4.98 Å². The number of carbonyl (C=O) groups is 1. The second-order valence-corrected chi connectivity index (χ2v) is 6.32. The molecule has 0 saturated heterocycles. The molecular formula is C10H10F3NO2S2. The van der Waals surface area contributed by atoms with Crippen molar-refractivity contribution in [1.82, 2.24) is 4.98 Å². The molecule has 1 aromatic heterocycles. The van der Waals surface area contributed by atoms with E-state index in [2.05, 4.69) is 4.98 Å². The molecule has 1 aliphatic carbocycles. The minimum absolute atomic E-state index is 0.0237. The van der Waals surface area contributed by atoms with Crippen LogP contribution in [0.3, 0.4) is 0 Å². The van der Waals surface area contributed by atoms with Gasteiger partial charge in [0.15, 0.2) is 4.34 Å². The van der Waals surface area contributed by atoms with Gasteiger partial charge in [-0.05, 0) is 19.3 Å². The fourth-order valence-corrected chi connectivity index (χ4v) is 3.87. The van der Waals surface area contributed by atoms with E-state index in [1.54, 1.807) is 0 Å². The molecule has 1 aromatic rings. The van der Waals surface area contributed by atoms with Crippen LogP contribution in [0.1, 0.15) is 17.0 Å². The number of fused-ring (bicyclic) bond motifs is 1. The average Bonchev–Trinajstić information content (AvgIpc) is 2.66. The lowest BCUT2D eigenvalue weighted by molar-refractivity contribution is -0.176. The van der Waals surface area contributed by atoms with Crippen molar-refractivity contribution in [3.63, 3.8) is 0 Å². The Morgan fingerprint density at radius 2 is 2.28 bits per heavy atom. The Morgan fingerprint density at radius 3 is 2.89 bits per heavy atom. The largest absolute Gasteiger partial charge is 0.481 e. The smallest absolute Gasteiger partial charge is 0.392 e. The third-order valence-corrected chi connectivity index (χ3v) is 4.95. The van der Waals surface area contributed by atoms with Crippen LogP contribution in [0.5, 0.6) is 0 Å². The summed E-state index contributed by atoms with van der Waals surface area (Å²) < 4.78 is 38.3. The molecule has 0 amide bonds. The Kier molecular flexibility index (Phi) is 3.86. The topological polar surface area (TPSA) is 50.2 Å². The zero-order valence-electron chi connectivity index (χ0n) is 9.16. The van der Waals surface area contributed by atoms with Gasteiger partial charge in [-0.3, -0.25) is 4.79 Å². The summed E-state index contributed by atoms with van der Waals surface area (Å²) in [6.07, 6.45) is -3.78. The molecule has 0 bridgehead atoms. The number of aryl methyl sites for hydroxylation is 1. The fourth-order valence-electron chi connectivity index (χ4n) is 1.82. The standard InChI is InChI=1S/C10H10F3NO2S2/c11-10(12,13)5-1-2-6-7(3-5)18-9(14-6)17-4-8(15)16/h5H,1-4H2,(H,15,16). The van der Waals surface area contributed by atoms with Gasteiger partial charge < -0.3 is 5.11 Å². The van der Waals surface area contributed by atoms with Gasteiger partial charge in [-0.15, -0.1) is 11.3 Å². The van der Waals surface area contributed by atoms with E-state index in [0.717, 1.165) is 11.8 Å². The second-order valence-electron chi connectivity index (χ2n) is 4.01. The zero-order chi connectivity index (χ0) is 13.3. The summed E-state index contributed by atoms with van der Waals surface area (Å²) in [5, 5.41) is 8.53. The van der Waals surface area contributed by atoms with Gasteiger partial charge in [0.2, 0.25) is 0 Å². The Bertz CT molecular complexity index is 458. The number of thioether (sulfide) groups is 1. The number of halogens is 3. The first-order chi connectivity index (χ1) is 8.36. The minimum atomic E-state index is -4.16. The first-order valence-electron chi connectivity index (χ1n) is 5.26. The van der Waals surface area contributed by atoms with E-state index < -0.39 is 18.1 Å². The Balaban J connectivity index is 2.07. The van der Waals surface area contributed by atoms with Crippen LogP contribution in [-0.4, -0.2) is 28.0 Å². The van der Waals surface area contributed by atoms with E-state index in [0.29, 0.717) is 21.3 Å². The van der Waals surface area contributed by atoms with Crippen molar-refractivity contribution in [3.8, 4) is 0 Å². The number of thiazole rings is 1. The number of aromatic nitrogens is 1. The highest BCUT2D eigenvalue weighted by Gasteiger charge is 2.42. The van der Waals surface area contributed by atoms with Crippen LogP contribution < -0.4 is 0 Å². The van der Waals surface area contributed by atoms with Crippen LogP contribution in [0.25, 0.3) is 0 Å². The second kappa shape index (κ2) is 5.08. The number of rotatable bonds is 3. The molecule has 0 spiro atoms. The first kappa shape index (κ1) is 13.7. The van der Waals surface area contributed by atoms with Crippen LogP contribution >= 0.6 is 23.1 Å². The van der Waals surface area contributed by atoms with Crippen molar-refractivity contribution in [1.29, 1.82) is 0 Å². The molecule has 100 valence electrons. The van der Waals surface area contributed by atoms with Gasteiger partial charge >= 0.3 is 12.1 Å². The Labute approximate surface area is 109 Å². The summed E-state index contributed by atoms with van der Waals surface area (Å²) in [6.45, 7) is 0. The van der Waals surface area contributed by atoms with Crippen molar-refractivity contribution in [3.05, 3.63) is 10.6 Å². The summed E-state index contributed by atoms with van der Waals surface area (Å²) in [4.78, 5) is 15.2. The van der Waals surface area contributed by atoms with Gasteiger partial charge in [0.05, 0.1) is 17.4 Å². The van der Waals surface area contributed by atoms with E-state index in [9.17, 15) is 18.0 Å². The van der Waals surface area contributed by atoms with Gasteiger partial charge in [0.25, 0.3) is 0 Å². The van der Waals surface area contributed by atoms with E-state index in [1.807, 2.05) is 0 Å². The lowest BCUT2D eigenvalue weighted by Crippen LogP contribution is -2.28. The number of carboxylic acid groups (broad SMARTS) is 1. The number of nitrogens with zero attached hydrogens (tertiary/aromatic N) is 1. The molecule has 0 aliphatic heterocycles. The number of carboxylic acids is 1. The molecule has 0 aromatic carbocycles. The fraction of sp³-hybridized carbons (Fsp3) is 0.600.